The summed E-state index contributed by atoms with van der Waals surface area (Å²) in [4.78, 5) is 24.6. The molecular formula is C21H19N3O3. The van der Waals surface area contributed by atoms with Crippen LogP contribution in [0.2, 0.25) is 0 Å². The third-order valence-corrected chi connectivity index (χ3v) is 4.00. The molecule has 0 bridgehead atoms. The minimum absolute atomic E-state index is 0.0905. The number of phenolic OH excluding ortho intramolecular Hbond substituents is 1. The van der Waals surface area contributed by atoms with Crippen LogP contribution in [0.25, 0.3) is 0 Å². The largest absolute Gasteiger partial charge is 0.508 e. The molecule has 5 N–H and O–H groups in total. The summed E-state index contributed by atoms with van der Waals surface area (Å²) in [6.07, 6.45) is 0. The van der Waals surface area contributed by atoms with Gasteiger partial charge in [-0.3, -0.25) is 9.59 Å². The summed E-state index contributed by atoms with van der Waals surface area (Å²) in [7, 11) is 0. The smallest absolute Gasteiger partial charge is 0.255 e. The van der Waals surface area contributed by atoms with Crippen molar-refractivity contribution in [3.05, 3.63) is 89.5 Å². The minimum Gasteiger partial charge on any atom is -0.508 e. The Labute approximate surface area is 156 Å². The van der Waals surface area contributed by atoms with Crippen molar-refractivity contribution in [1.29, 1.82) is 0 Å². The summed E-state index contributed by atoms with van der Waals surface area (Å²) in [6.45, 7) is 0.195. The average Bonchev–Trinajstić information content (AvgIpc) is 2.70. The zero-order valence-corrected chi connectivity index (χ0v) is 14.5. The van der Waals surface area contributed by atoms with E-state index < -0.39 is 0 Å². The number of rotatable bonds is 5. The lowest BCUT2D eigenvalue weighted by atomic mass is 10.1. The molecule has 0 aromatic heterocycles. The second-order valence-corrected chi connectivity index (χ2v) is 5.90. The number of carbonyl (C=O) groups is 2. The van der Waals surface area contributed by atoms with Crippen molar-refractivity contribution in [2.75, 3.05) is 10.6 Å². The summed E-state index contributed by atoms with van der Waals surface area (Å²) in [6, 6.07) is 20.0. The third-order valence-electron chi connectivity index (χ3n) is 4.00. The number of amides is 2. The molecule has 0 unspecified atom stereocenters. The van der Waals surface area contributed by atoms with Gasteiger partial charge >= 0.3 is 0 Å². The van der Waals surface area contributed by atoms with Gasteiger partial charge in [0.1, 0.15) is 5.75 Å². The molecule has 0 radical (unpaired) electrons. The van der Waals surface area contributed by atoms with Gasteiger partial charge in [0, 0.05) is 29.0 Å². The first-order chi connectivity index (χ1) is 13.1. The quantitative estimate of drug-likeness (QED) is 0.559. The number of nitrogens with one attached hydrogen (secondary N) is 2. The zero-order chi connectivity index (χ0) is 19.2. The minimum atomic E-state index is -0.314. The Kier molecular flexibility index (Phi) is 5.49. The fraction of sp³-hybridized carbons (Fsp3) is 0.0476. The second-order valence-electron chi connectivity index (χ2n) is 5.90. The number of carbonyl (C=O) groups excluding carboxylic acids is 2. The first-order valence-corrected chi connectivity index (χ1v) is 8.36. The number of hydrogen-bond donors (Lipinski definition) is 4. The van der Waals surface area contributed by atoms with Crippen LogP contribution >= 0.6 is 0 Å². The SMILES string of the molecule is NCc1cc(NC(=O)c2ccccc2)ccc1NC(=O)c1ccc(O)cc1. The van der Waals surface area contributed by atoms with E-state index in [4.69, 9.17) is 5.73 Å². The van der Waals surface area contributed by atoms with Gasteiger partial charge in [0.15, 0.2) is 0 Å². The van der Waals surface area contributed by atoms with Crippen LogP contribution in [0.5, 0.6) is 5.75 Å². The van der Waals surface area contributed by atoms with Crippen LogP contribution in [0.4, 0.5) is 11.4 Å². The topological polar surface area (TPSA) is 104 Å². The van der Waals surface area contributed by atoms with Gasteiger partial charge in [0.25, 0.3) is 11.8 Å². The first kappa shape index (κ1) is 18.2. The molecule has 0 fully saturated rings. The highest BCUT2D eigenvalue weighted by atomic mass is 16.3. The van der Waals surface area contributed by atoms with E-state index in [0.29, 0.717) is 28.1 Å². The van der Waals surface area contributed by atoms with Crippen LogP contribution in [0.1, 0.15) is 26.3 Å². The van der Waals surface area contributed by atoms with Crippen molar-refractivity contribution >= 4 is 23.2 Å². The van der Waals surface area contributed by atoms with Gasteiger partial charge < -0.3 is 21.5 Å². The Hall–Kier alpha value is -3.64. The van der Waals surface area contributed by atoms with Crippen LogP contribution < -0.4 is 16.4 Å². The van der Waals surface area contributed by atoms with E-state index in [1.54, 1.807) is 42.5 Å². The Morgan fingerprint density at radius 1 is 0.815 bits per heavy atom. The Bertz CT molecular complexity index is 954. The molecule has 3 aromatic rings. The Balaban J connectivity index is 1.75. The number of aromatic hydroxyl groups is 1. The van der Waals surface area contributed by atoms with E-state index in [2.05, 4.69) is 10.6 Å². The molecule has 3 aromatic carbocycles. The molecule has 0 atom stereocenters. The molecule has 0 aliphatic rings. The lowest BCUT2D eigenvalue weighted by Gasteiger charge is -2.13. The summed E-state index contributed by atoms with van der Waals surface area (Å²) in [5, 5.41) is 14.9. The maximum absolute atomic E-state index is 12.3. The predicted octanol–water partition coefficient (Wildman–Crippen LogP) is 3.36. The highest BCUT2D eigenvalue weighted by molar-refractivity contribution is 6.06. The first-order valence-electron chi connectivity index (χ1n) is 8.36. The predicted molar refractivity (Wildman–Crippen MR) is 105 cm³/mol. The van der Waals surface area contributed by atoms with E-state index in [0.717, 1.165) is 0 Å². The van der Waals surface area contributed by atoms with Crippen LogP contribution in [0.15, 0.2) is 72.8 Å². The summed E-state index contributed by atoms with van der Waals surface area (Å²) >= 11 is 0. The van der Waals surface area contributed by atoms with Crippen molar-refractivity contribution in [3.8, 4) is 5.75 Å². The number of nitrogens with two attached hydrogens (primary N) is 1. The maximum atomic E-state index is 12.3. The average molecular weight is 361 g/mol. The molecule has 2 amide bonds. The van der Waals surface area contributed by atoms with Crippen molar-refractivity contribution in [1.82, 2.24) is 0 Å². The monoisotopic (exact) mass is 361 g/mol. The molecule has 0 saturated carbocycles. The standard InChI is InChI=1S/C21H19N3O3/c22-13-16-12-17(23-20(26)14-4-2-1-3-5-14)8-11-19(16)24-21(27)15-6-9-18(25)10-7-15/h1-12,25H,13,22H2,(H,23,26)(H,24,27). The zero-order valence-electron chi connectivity index (χ0n) is 14.5. The van der Waals surface area contributed by atoms with Crippen molar-refractivity contribution in [3.63, 3.8) is 0 Å². The molecule has 3 rings (SSSR count). The number of hydrogen-bond acceptors (Lipinski definition) is 4. The molecule has 0 aliphatic carbocycles. The highest BCUT2D eigenvalue weighted by Gasteiger charge is 2.11. The molecule has 0 saturated heterocycles. The molecule has 6 heteroatoms. The number of phenols is 1. The fourth-order valence-electron chi connectivity index (χ4n) is 2.56. The second kappa shape index (κ2) is 8.16. The lowest BCUT2D eigenvalue weighted by molar-refractivity contribution is 0.101. The van der Waals surface area contributed by atoms with Crippen molar-refractivity contribution in [2.45, 2.75) is 6.54 Å². The van der Waals surface area contributed by atoms with Crippen LogP contribution in [0, 0.1) is 0 Å². The number of benzene rings is 3. The van der Waals surface area contributed by atoms with Gasteiger partial charge in [0.05, 0.1) is 0 Å². The van der Waals surface area contributed by atoms with E-state index in [1.165, 1.54) is 24.3 Å². The van der Waals surface area contributed by atoms with Gasteiger partial charge in [-0.1, -0.05) is 18.2 Å². The third kappa shape index (κ3) is 4.50. The van der Waals surface area contributed by atoms with Crippen LogP contribution in [-0.4, -0.2) is 16.9 Å². The van der Waals surface area contributed by atoms with Gasteiger partial charge in [-0.25, -0.2) is 0 Å². The van der Waals surface area contributed by atoms with Gasteiger partial charge in [-0.05, 0) is 60.2 Å². The fourth-order valence-corrected chi connectivity index (χ4v) is 2.56. The Morgan fingerprint density at radius 2 is 1.44 bits per heavy atom. The van der Waals surface area contributed by atoms with E-state index in [9.17, 15) is 14.7 Å². The summed E-state index contributed by atoms with van der Waals surface area (Å²) in [5.74, 6) is -0.446. The van der Waals surface area contributed by atoms with Crippen LogP contribution in [-0.2, 0) is 6.54 Å². The molecule has 136 valence electrons. The molecule has 0 aliphatic heterocycles. The van der Waals surface area contributed by atoms with Crippen molar-refractivity contribution < 1.29 is 14.7 Å². The highest BCUT2D eigenvalue weighted by Crippen LogP contribution is 2.22. The van der Waals surface area contributed by atoms with Gasteiger partial charge in [-0.15, -0.1) is 0 Å². The van der Waals surface area contributed by atoms with Crippen molar-refractivity contribution in [2.24, 2.45) is 5.73 Å². The molecule has 0 heterocycles. The van der Waals surface area contributed by atoms with E-state index in [-0.39, 0.29) is 24.1 Å². The summed E-state index contributed by atoms with van der Waals surface area (Å²) in [5.41, 5.74) is 8.61. The normalized spacial score (nSPS) is 10.3. The molecule has 27 heavy (non-hydrogen) atoms. The van der Waals surface area contributed by atoms with Gasteiger partial charge in [0.2, 0.25) is 0 Å². The van der Waals surface area contributed by atoms with Gasteiger partial charge in [-0.2, -0.15) is 0 Å². The van der Waals surface area contributed by atoms with E-state index in [1.807, 2.05) is 6.07 Å². The number of anilines is 2. The summed E-state index contributed by atoms with van der Waals surface area (Å²) < 4.78 is 0. The molecular weight excluding hydrogens is 342 g/mol. The molecule has 6 nitrogen and oxygen atoms in total. The van der Waals surface area contributed by atoms with E-state index >= 15 is 0 Å². The lowest BCUT2D eigenvalue weighted by Crippen LogP contribution is -2.15. The maximum Gasteiger partial charge on any atom is 0.255 e. The molecule has 0 spiro atoms. The van der Waals surface area contributed by atoms with Crippen LogP contribution in [0.3, 0.4) is 0 Å². The Morgan fingerprint density at radius 3 is 2.11 bits per heavy atom.